The predicted molar refractivity (Wildman–Crippen MR) is 104 cm³/mol. The van der Waals surface area contributed by atoms with Gasteiger partial charge in [-0.25, -0.2) is 4.79 Å². The lowest BCUT2D eigenvalue weighted by atomic mass is 10.1. The second-order valence-electron chi connectivity index (χ2n) is 5.66. The molecule has 2 N–H and O–H groups in total. The Balaban J connectivity index is 0.00000288. The van der Waals surface area contributed by atoms with Crippen molar-refractivity contribution in [2.45, 2.75) is 32.4 Å². The van der Waals surface area contributed by atoms with Gasteiger partial charge in [-0.3, -0.25) is 9.67 Å². The summed E-state index contributed by atoms with van der Waals surface area (Å²) in [6.45, 7) is 4.97. The molecule has 2 heterocycles. The van der Waals surface area contributed by atoms with Crippen LogP contribution in [0.3, 0.4) is 0 Å². The van der Waals surface area contributed by atoms with Crippen molar-refractivity contribution in [3.63, 3.8) is 0 Å². The molecule has 1 aliphatic rings. The number of piperidine rings is 1. The van der Waals surface area contributed by atoms with Gasteiger partial charge in [0.05, 0.1) is 19.9 Å². The van der Waals surface area contributed by atoms with Crippen molar-refractivity contribution in [2.75, 3.05) is 33.8 Å². The second-order valence-corrected chi connectivity index (χ2v) is 5.66. The van der Waals surface area contributed by atoms with Crippen LogP contribution in [0.25, 0.3) is 0 Å². The van der Waals surface area contributed by atoms with Gasteiger partial charge in [0, 0.05) is 38.9 Å². The molecule has 1 amide bonds. The fourth-order valence-electron chi connectivity index (χ4n) is 2.60. The van der Waals surface area contributed by atoms with Crippen LogP contribution in [0, 0.1) is 6.92 Å². The third kappa shape index (κ3) is 6.17. The largest absolute Gasteiger partial charge is 0.453 e. The minimum absolute atomic E-state index is 0. The minimum Gasteiger partial charge on any atom is -0.453 e. The number of hydrogen-bond donors (Lipinski definition) is 2. The number of amides is 1. The molecule has 136 valence electrons. The van der Waals surface area contributed by atoms with Crippen molar-refractivity contribution >= 4 is 36.0 Å². The van der Waals surface area contributed by atoms with E-state index in [0.29, 0.717) is 19.1 Å². The number of aliphatic imine (C=N–C) groups is 1. The predicted octanol–water partition coefficient (Wildman–Crippen LogP) is 1.21. The summed E-state index contributed by atoms with van der Waals surface area (Å²) >= 11 is 0. The summed E-state index contributed by atoms with van der Waals surface area (Å²) in [6, 6.07) is 0.314. The van der Waals surface area contributed by atoms with Gasteiger partial charge in [0.1, 0.15) is 0 Å². The van der Waals surface area contributed by atoms with Gasteiger partial charge in [0.2, 0.25) is 0 Å². The van der Waals surface area contributed by atoms with Crippen LogP contribution >= 0.6 is 24.0 Å². The zero-order valence-corrected chi connectivity index (χ0v) is 16.8. The van der Waals surface area contributed by atoms with Crippen LogP contribution in [-0.4, -0.2) is 66.6 Å². The third-order valence-corrected chi connectivity index (χ3v) is 3.89. The van der Waals surface area contributed by atoms with Gasteiger partial charge in [-0.2, -0.15) is 5.10 Å². The minimum atomic E-state index is -0.250. The fourth-order valence-corrected chi connectivity index (χ4v) is 2.60. The number of halogens is 1. The van der Waals surface area contributed by atoms with Crippen LogP contribution in [0.4, 0.5) is 4.79 Å². The van der Waals surface area contributed by atoms with Gasteiger partial charge in [0.15, 0.2) is 5.96 Å². The van der Waals surface area contributed by atoms with E-state index < -0.39 is 0 Å². The number of aromatic nitrogens is 2. The van der Waals surface area contributed by atoms with E-state index >= 15 is 0 Å². The van der Waals surface area contributed by atoms with E-state index in [9.17, 15) is 4.79 Å². The molecule has 8 nitrogen and oxygen atoms in total. The Bertz CT molecular complexity index is 540. The van der Waals surface area contributed by atoms with Gasteiger partial charge < -0.3 is 20.3 Å². The molecule has 1 aromatic heterocycles. The first-order valence-electron chi connectivity index (χ1n) is 7.91. The van der Waals surface area contributed by atoms with Crippen molar-refractivity contribution in [1.82, 2.24) is 25.3 Å². The highest BCUT2D eigenvalue weighted by molar-refractivity contribution is 14.0. The van der Waals surface area contributed by atoms with Gasteiger partial charge in [-0.15, -0.1) is 24.0 Å². The molecular formula is C15H27IN6O2. The molecule has 24 heavy (non-hydrogen) atoms. The molecule has 0 unspecified atom stereocenters. The maximum Gasteiger partial charge on any atom is 0.409 e. The number of rotatable bonds is 4. The highest BCUT2D eigenvalue weighted by atomic mass is 127. The summed E-state index contributed by atoms with van der Waals surface area (Å²) in [7, 11) is 3.18. The SMILES string of the molecule is CN=C(NCCn1cc(C)cn1)NC1CCN(C(=O)OC)CC1.I. The van der Waals surface area contributed by atoms with E-state index in [-0.39, 0.29) is 30.1 Å². The number of guanidine groups is 1. The Morgan fingerprint density at radius 3 is 2.71 bits per heavy atom. The Kier molecular flexibility index (Phi) is 8.87. The number of likely N-dealkylation sites (tertiary alicyclic amines) is 1. The lowest BCUT2D eigenvalue weighted by Gasteiger charge is -2.32. The number of carbonyl (C=O) groups is 1. The summed E-state index contributed by atoms with van der Waals surface area (Å²) in [5, 5.41) is 11.0. The molecule has 0 radical (unpaired) electrons. The number of methoxy groups -OCH3 is 1. The third-order valence-electron chi connectivity index (χ3n) is 3.89. The van der Waals surface area contributed by atoms with Crippen molar-refractivity contribution in [3.8, 4) is 0 Å². The highest BCUT2D eigenvalue weighted by Gasteiger charge is 2.23. The Labute approximate surface area is 160 Å². The molecule has 0 spiro atoms. The van der Waals surface area contributed by atoms with Crippen molar-refractivity contribution in [2.24, 2.45) is 4.99 Å². The number of ether oxygens (including phenoxy) is 1. The molecule has 2 rings (SSSR count). The number of aryl methyl sites for hydroxylation is 1. The summed E-state index contributed by atoms with van der Waals surface area (Å²) in [5.74, 6) is 0.783. The monoisotopic (exact) mass is 450 g/mol. The highest BCUT2D eigenvalue weighted by Crippen LogP contribution is 2.11. The lowest BCUT2D eigenvalue weighted by molar-refractivity contribution is 0.111. The van der Waals surface area contributed by atoms with Crippen molar-refractivity contribution in [3.05, 3.63) is 18.0 Å². The van der Waals surface area contributed by atoms with Crippen molar-refractivity contribution in [1.29, 1.82) is 0 Å². The first-order valence-corrected chi connectivity index (χ1v) is 7.91. The van der Waals surface area contributed by atoms with E-state index in [1.807, 2.05) is 24.0 Å². The molecule has 1 fully saturated rings. The smallest absolute Gasteiger partial charge is 0.409 e. The molecule has 0 aliphatic carbocycles. The Morgan fingerprint density at radius 2 is 2.17 bits per heavy atom. The lowest BCUT2D eigenvalue weighted by Crippen LogP contribution is -2.50. The normalized spacial score (nSPS) is 15.6. The zero-order chi connectivity index (χ0) is 16.7. The van der Waals surface area contributed by atoms with E-state index in [0.717, 1.165) is 37.5 Å². The number of hydrogen-bond acceptors (Lipinski definition) is 4. The van der Waals surface area contributed by atoms with Gasteiger partial charge in [-0.1, -0.05) is 0 Å². The number of carbonyl (C=O) groups excluding carboxylic acids is 1. The van der Waals surface area contributed by atoms with E-state index in [2.05, 4.69) is 20.7 Å². The Hall–Kier alpha value is -1.52. The van der Waals surface area contributed by atoms with Gasteiger partial charge in [-0.05, 0) is 25.3 Å². The fraction of sp³-hybridized carbons (Fsp3) is 0.667. The molecule has 1 aliphatic heterocycles. The molecule has 1 saturated heterocycles. The number of nitrogens with zero attached hydrogens (tertiary/aromatic N) is 4. The van der Waals surface area contributed by atoms with E-state index in [1.165, 1.54) is 7.11 Å². The quantitative estimate of drug-likeness (QED) is 0.410. The number of nitrogens with one attached hydrogen (secondary N) is 2. The summed E-state index contributed by atoms with van der Waals surface area (Å²) < 4.78 is 6.65. The van der Waals surface area contributed by atoms with Crippen molar-refractivity contribution < 1.29 is 9.53 Å². The van der Waals surface area contributed by atoms with E-state index in [1.54, 1.807) is 11.9 Å². The van der Waals surface area contributed by atoms with Crippen LogP contribution in [0.15, 0.2) is 17.4 Å². The maximum absolute atomic E-state index is 11.5. The first-order chi connectivity index (χ1) is 11.1. The Morgan fingerprint density at radius 1 is 1.46 bits per heavy atom. The van der Waals surface area contributed by atoms with Gasteiger partial charge >= 0.3 is 6.09 Å². The zero-order valence-electron chi connectivity index (χ0n) is 14.5. The molecule has 0 saturated carbocycles. The average Bonchev–Trinajstić information content (AvgIpc) is 2.99. The topological polar surface area (TPSA) is 83.8 Å². The second kappa shape index (κ2) is 10.4. The standard InChI is InChI=1S/C15H26N6O2.HI/c1-12-10-18-21(11-12)9-6-17-14(16-2)19-13-4-7-20(8-5-13)15(22)23-3;/h10-11,13H,4-9H2,1-3H3,(H2,16,17,19);1H. The summed E-state index contributed by atoms with van der Waals surface area (Å²) in [6.07, 6.45) is 5.38. The van der Waals surface area contributed by atoms with Crippen LogP contribution < -0.4 is 10.6 Å². The van der Waals surface area contributed by atoms with Crippen LogP contribution in [0.5, 0.6) is 0 Å². The molecular weight excluding hydrogens is 423 g/mol. The molecule has 9 heteroatoms. The van der Waals surface area contributed by atoms with E-state index in [4.69, 9.17) is 4.74 Å². The maximum atomic E-state index is 11.5. The van der Waals surface area contributed by atoms with Crippen LogP contribution in [-0.2, 0) is 11.3 Å². The van der Waals surface area contributed by atoms with Crippen LogP contribution in [0.2, 0.25) is 0 Å². The summed E-state index contributed by atoms with van der Waals surface area (Å²) in [4.78, 5) is 17.4. The molecule has 1 aromatic rings. The summed E-state index contributed by atoms with van der Waals surface area (Å²) in [5.41, 5.74) is 1.16. The molecule has 0 bridgehead atoms. The molecule has 0 atom stereocenters. The first kappa shape index (κ1) is 20.5. The van der Waals surface area contributed by atoms with Gasteiger partial charge in [0.25, 0.3) is 0 Å². The van der Waals surface area contributed by atoms with Crippen LogP contribution in [0.1, 0.15) is 18.4 Å². The average molecular weight is 450 g/mol. The molecule has 0 aromatic carbocycles.